The van der Waals surface area contributed by atoms with Gasteiger partial charge in [-0.25, -0.2) is 0 Å². The standard InChI is InChI=1S/C13H29N3/c1-12(2,3)11(14-6)13(4,5)16-9-7-15-8-10-16/h11,14-15H,7-10H2,1-6H3. The number of rotatable bonds is 3. The molecule has 3 nitrogen and oxygen atoms in total. The summed E-state index contributed by atoms with van der Waals surface area (Å²) in [5, 5.41) is 6.94. The van der Waals surface area contributed by atoms with E-state index >= 15 is 0 Å². The maximum Gasteiger partial charge on any atom is 0.0312 e. The third kappa shape index (κ3) is 2.96. The lowest BCUT2D eigenvalue weighted by atomic mass is 9.75. The average molecular weight is 227 g/mol. The van der Waals surface area contributed by atoms with Crippen molar-refractivity contribution in [3.05, 3.63) is 0 Å². The molecule has 1 fully saturated rings. The van der Waals surface area contributed by atoms with Crippen LogP contribution >= 0.6 is 0 Å². The van der Waals surface area contributed by atoms with Crippen LogP contribution in [0.4, 0.5) is 0 Å². The number of hydrogen-bond acceptors (Lipinski definition) is 3. The van der Waals surface area contributed by atoms with Crippen LogP contribution < -0.4 is 10.6 Å². The molecule has 1 heterocycles. The molecule has 3 heteroatoms. The van der Waals surface area contributed by atoms with Crippen LogP contribution in [0.2, 0.25) is 0 Å². The van der Waals surface area contributed by atoms with E-state index < -0.39 is 0 Å². The van der Waals surface area contributed by atoms with Crippen LogP contribution in [0.5, 0.6) is 0 Å². The van der Waals surface area contributed by atoms with E-state index in [1.807, 2.05) is 0 Å². The highest BCUT2D eigenvalue weighted by Crippen LogP contribution is 2.31. The van der Waals surface area contributed by atoms with Gasteiger partial charge in [0.05, 0.1) is 0 Å². The SMILES string of the molecule is CNC(C(C)(C)C)C(C)(C)N1CCNCC1. The molecule has 0 spiro atoms. The molecular weight excluding hydrogens is 198 g/mol. The monoisotopic (exact) mass is 227 g/mol. The number of hydrogen-bond donors (Lipinski definition) is 2. The van der Waals surface area contributed by atoms with E-state index in [1.165, 1.54) is 0 Å². The smallest absolute Gasteiger partial charge is 0.0312 e. The van der Waals surface area contributed by atoms with Crippen LogP contribution in [0, 0.1) is 5.41 Å². The Kier molecular flexibility index (Phi) is 4.38. The molecule has 0 bridgehead atoms. The van der Waals surface area contributed by atoms with Gasteiger partial charge >= 0.3 is 0 Å². The van der Waals surface area contributed by atoms with E-state index in [9.17, 15) is 0 Å². The summed E-state index contributed by atoms with van der Waals surface area (Å²) in [6, 6.07) is 0.498. The number of likely N-dealkylation sites (N-methyl/N-ethyl adjacent to an activating group) is 1. The van der Waals surface area contributed by atoms with Crippen LogP contribution in [0.3, 0.4) is 0 Å². The van der Waals surface area contributed by atoms with Gasteiger partial charge < -0.3 is 10.6 Å². The third-order valence-corrected chi connectivity index (χ3v) is 3.79. The first-order valence-corrected chi connectivity index (χ1v) is 6.43. The Morgan fingerprint density at radius 3 is 1.94 bits per heavy atom. The van der Waals surface area contributed by atoms with Gasteiger partial charge in [-0.3, -0.25) is 4.90 Å². The van der Waals surface area contributed by atoms with Gasteiger partial charge in [-0.2, -0.15) is 0 Å². The Labute approximate surface area is 101 Å². The average Bonchev–Trinajstić information content (AvgIpc) is 2.17. The summed E-state index contributed by atoms with van der Waals surface area (Å²) in [6.45, 7) is 16.2. The topological polar surface area (TPSA) is 27.3 Å². The molecule has 1 atom stereocenters. The fourth-order valence-corrected chi connectivity index (χ4v) is 3.27. The second-order valence-corrected chi connectivity index (χ2v) is 6.48. The minimum Gasteiger partial charge on any atom is -0.315 e. The second kappa shape index (κ2) is 5.03. The Balaban J connectivity index is 2.80. The fraction of sp³-hybridized carbons (Fsp3) is 1.00. The van der Waals surface area contributed by atoms with Gasteiger partial charge in [0.1, 0.15) is 0 Å². The zero-order valence-corrected chi connectivity index (χ0v) is 11.9. The van der Waals surface area contributed by atoms with Crippen molar-refractivity contribution in [3.8, 4) is 0 Å². The van der Waals surface area contributed by atoms with Gasteiger partial charge in [-0.15, -0.1) is 0 Å². The molecule has 0 aromatic heterocycles. The molecule has 1 aliphatic heterocycles. The van der Waals surface area contributed by atoms with E-state index in [0.717, 1.165) is 26.2 Å². The van der Waals surface area contributed by atoms with E-state index in [-0.39, 0.29) is 11.0 Å². The molecule has 0 amide bonds. The van der Waals surface area contributed by atoms with E-state index in [1.54, 1.807) is 0 Å². The Morgan fingerprint density at radius 1 is 1.06 bits per heavy atom. The molecule has 0 saturated carbocycles. The molecule has 0 aromatic carbocycles. The third-order valence-electron chi connectivity index (χ3n) is 3.79. The molecule has 1 aliphatic rings. The highest BCUT2D eigenvalue weighted by molar-refractivity contribution is 4.99. The summed E-state index contributed by atoms with van der Waals surface area (Å²) in [7, 11) is 2.08. The number of nitrogens with zero attached hydrogens (tertiary/aromatic N) is 1. The lowest BCUT2D eigenvalue weighted by Crippen LogP contribution is -2.64. The molecular formula is C13H29N3. The lowest BCUT2D eigenvalue weighted by Gasteiger charge is -2.50. The van der Waals surface area contributed by atoms with Crippen LogP contribution in [-0.4, -0.2) is 49.7 Å². The zero-order chi connectivity index (χ0) is 12.4. The molecule has 1 saturated heterocycles. The van der Waals surface area contributed by atoms with E-state index in [2.05, 4.69) is 57.2 Å². The maximum atomic E-state index is 3.52. The molecule has 1 unspecified atom stereocenters. The second-order valence-electron chi connectivity index (χ2n) is 6.48. The molecule has 16 heavy (non-hydrogen) atoms. The first-order valence-electron chi connectivity index (χ1n) is 6.43. The van der Waals surface area contributed by atoms with Crippen molar-refractivity contribution in [1.82, 2.24) is 15.5 Å². The van der Waals surface area contributed by atoms with Crippen LogP contribution in [0.1, 0.15) is 34.6 Å². The fourth-order valence-electron chi connectivity index (χ4n) is 3.27. The van der Waals surface area contributed by atoms with Crippen molar-refractivity contribution in [2.45, 2.75) is 46.2 Å². The predicted molar refractivity (Wildman–Crippen MR) is 70.8 cm³/mol. The molecule has 0 radical (unpaired) electrons. The number of piperazine rings is 1. The van der Waals surface area contributed by atoms with Crippen LogP contribution in [-0.2, 0) is 0 Å². The maximum absolute atomic E-state index is 3.52. The molecule has 0 aromatic rings. The summed E-state index contributed by atoms with van der Waals surface area (Å²) < 4.78 is 0. The Morgan fingerprint density at radius 2 is 1.56 bits per heavy atom. The first kappa shape index (κ1) is 13.9. The van der Waals surface area contributed by atoms with Gasteiger partial charge in [0.25, 0.3) is 0 Å². The minimum absolute atomic E-state index is 0.203. The van der Waals surface area contributed by atoms with Gasteiger partial charge in [-0.05, 0) is 26.3 Å². The van der Waals surface area contributed by atoms with Crippen molar-refractivity contribution in [2.24, 2.45) is 5.41 Å². The Bertz CT molecular complexity index is 212. The Hall–Kier alpha value is -0.120. The molecule has 1 rings (SSSR count). The predicted octanol–water partition coefficient (Wildman–Crippen LogP) is 1.30. The summed E-state index contributed by atoms with van der Waals surface area (Å²) in [4.78, 5) is 2.61. The van der Waals surface area contributed by atoms with Gasteiger partial charge in [-0.1, -0.05) is 20.8 Å². The van der Waals surface area contributed by atoms with Crippen molar-refractivity contribution in [3.63, 3.8) is 0 Å². The zero-order valence-electron chi connectivity index (χ0n) is 11.9. The van der Waals surface area contributed by atoms with Crippen LogP contribution in [0.25, 0.3) is 0 Å². The van der Waals surface area contributed by atoms with E-state index in [4.69, 9.17) is 0 Å². The minimum atomic E-state index is 0.203. The van der Waals surface area contributed by atoms with Crippen molar-refractivity contribution in [1.29, 1.82) is 0 Å². The largest absolute Gasteiger partial charge is 0.315 e. The van der Waals surface area contributed by atoms with Gasteiger partial charge in [0.15, 0.2) is 0 Å². The summed E-state index contributed by atoms with van der Waals surface area (Å²) in [5.41, 5.74) is 0.484. The van der Waals surface area contributed by atoms with Crippen molar-refractivity contribution < 1.29 is 0 Å². The lowest BCUT2D eigenvalue weighted by molar-refractivity contribution is 0.0298. The first-order chi connectivity index (χ1) is 7.30. The van der Waals surface area contributed by atoms with Crippen LogP contribution in [0.15, 0.2) is 0 Å². The van der Waals surface area contributed by atoms with Crippen molar-refractivity contribution in [2.75, 3.05) is 33.2 Å². The van der Waals surface area contributed by atoms with E-state index in [0.29, 0.717) is 6.04 Å². The molecule has 2 N–H and O–H groups in total. The number of nitrogens with one attached hydrogen (secondary N) is 2. The highest BCUT2D eigenvalue weighted by atomic mass is 15.3. The molecule has 0 aliphatic carbocycles. The van der Waals surface area contributed by atoms with Crippen molar-refractivity contribution >= 4 is 0 Å². The quantitative estimate of drug-likeness (QED) is 0.761. The summed E-state index contributed by atoms with van der Waals surface area (Å²) >= 11 is 0. The highest BCUT2D eigenvalue weighted by Gasteiger charge is 2.41. The van der Waals surface area contributed by atoms with Gasteiger partial charge in [0, 0.05) is 37.8 Å². The summed E-state index contributed by atoms with van der Waals surface area (Å²) in [5.74, 6) is 0. The normalized spacial score (nSPS) is 22.1. The molecule has 96 valence electrons. The van der Waals surface area contributed by atoms with Gasteiger partial charge in [0.2, 0.25) is 0 Å². The summed E-state index contributed by atoms with van der Waals surface area (Å²) in [6.07, 6.45) is 0.